The highest BCUT2D eigenvalue weighted by molar-refractivity contribution is 7.23. The van der Waals surface area contributed by atoms with Crippen LogP contribution in [0.25, 0.3) is 32.1 Å². The molecule has 0 spiro atoms. The molecule has 13 heteroatoms. The number of benzene rings is 2. The van der Waals surface area contributed by atoms with Crippen molar-refractivity contribution in [2.24, 2.45) is 5.41 Å². The van der Waals surface area contributed by atoms with Gasteiger partial charge in [-0.15, -0.1) is 11.3 Å². The van der Waals surface area contributed by atoms with E-state index in [1.54, 1.807) is 36.9 Å². The molecule has 2 saturated heterocycles. The standard InChI is InChI=1S/C32H33ClF2N6O3S/c1-31(14-40(3)8-7-18(31)12-34)16-44-30-38-27-20(29(39-30)41-9-10-43-17-32(2,42)15-41)11-22(33)25(26(27)35)19-5-4-6-23-24(19)21(13-36)28(37)45-23/h4-6,11-12,42H,7-10,14-17,37H2,1-3H3/b18-12+/t31-,32-/m0/s1/i3D3. The molecule has 2 aromatic carbocycles. The van der Waals surface area contributed by atoms with Crippen LogP contribution in [0.4, 0.5) is 19.6 Å². The first kappa shape index (κ1) is 27.7. The van der Waals surface area contributed by atoms with Gasteiger partial charge in [-0.25, -0.2) is 8.78 Å². The Morgan fingerprint density at radius 1 is 1.33 bits per heavy atom. The zero-order chi connectivity index (χ0) is 34.6. The van der Waals surface area contributed by atoms with Crippen LogP contribution in [0.2, 0.25) is 5.02 Å². The van der Waals surface area contributed by atoms with E-state index in [1.165, 1.54) is 22.3 Å². The summed E-state index contributed by atoms with van der Waals surface area (Å²) < 4.78 is 67.0. The number of nitrogens with zero attached hydrogens (tertiary/aromatic N) is 5. The van der Waals surface area contributed by atoms with Gasteiger partial charge in [0.1, 0.15) is 34.6 Å². The van der Waals surface area contributed by atoms with E-state index < -0.39 is 23.8 Å². The minimum atomic E-state index is -2.39. The number of piperidine rings is 1. The first-order chi connectivity index (χ1) is 22.7. The highest BCUT2D eigenvalue weighted by atomic mass is 35.5. The van der Waals surface area contributed by atoms with Crippen LogP contribution in [0.5, 0.6) is 6.01 Å². The van der Waals surface area contributed by atoms with Crippen molar-refractivity contribution in [2.45, 2.75) is 25.9 Å². The summed E-state index contributed by atoms with van der Waals surface area (Å²) in [5.41, 5.74) is 4.60. The van der Waals surface area contributed by atoms with Gasteiger partial charge in [0.15, 0.2) is 5.82 Å². The normalized spacial score (nSPS) is 25.1. The number of β-amino-alcohol motifs (C(OH)–C–C–N with tert-alkyl or cyclic N) is 1. The van der Waals surface area contributed by atoms with Crippen LogP contribution in [0, 0.1) is 22.6 Å². The largest absolute Gasteiger partial charge is 0.462 e. The van der Waals surface area contributed by atoms with Gasteiger partial charge in [0, 0.05) is 50.2 Å². The van der Waals surface area contributed by atoms with E-state index in [2.05, 4.69) is 16.0 Å². The Balaban J connectivity index is 1.51. The van der Waals surface area contributed by atoms with Gasteiger partial charge in [-0.3, -0.25) is 0 Å². The molecule has 2 aliphatic rings. The van der Waals surface area contributed by atoms with E-state index in [-0.39, 0.29) is 84.8 Å². The number of halogens is 3. The molecule has 0 unspecified atom stereocenters. The number of hydrogen-bond donors (Lipinski definition) is 2. The van der Waals surface area contributed by atoms with E-state index in [0.717, 1.165) is 0 Å². The number of nitrogens with two attached hydrogens (primary N) is 1. The van der Waals surface area contributed by atoms with E-state index in [4.69, 9.17) is 30.9 Å². The van der Waals surface area contributed by atoms with Crippen molar-refractivity contribution in [1.82, 2.24) is 14.9 Å². The second-order valence-corrected chi connectivity index (χ2v) is 13.5. The molecule has 0 saturated carbocycles. The predicted molar refractivity (Wildman–Crippen MR) is 173 cm³/mol. The number of aliphatic hydroxyl groups is 1. The predicted octanol–water partition coefficient (Wildman–Crippen LogP) is 5.92. The molecule has 2 aromatic heterocycles. The van der Waals surface area contributed by atoms with E-state index >= 15 is 4.39 Å². The molecule has 0 amide bonds. The summed E-state index contributed by atoms with van der Waals surface area (Å²) in [5, 5.41) is 21.9. The molecule has 0 bridgehead atoms. The van der Waals surface area contributed by atoms with E-state index in [9.17, 15) is 14.8 Å². The number of nitriles is 1. The van der Waals surface area contributed by atoms with Crippen molar-refractivity contribution in [3.05, 3.63) is 52.6 Å². The molecule has 4 heterocycles. The quantitative estimate of drug-likeness (QED) is 0.269. The molecule has 4 aromatic rings. The molecule has 45 heavy (non-hydrogen) atoms. The van der Waals surface area contributed by atoms with Gasteiger partial charge in [0.2, 0.25) is 0 Å². The zero-order valence-corrected chi connectivity index (χ0v) is 26.2. The molecular weight excluding hydrogens is 622 g/mol. The van der Waals surface area contributed by atoms with Gasteiger partial charge in [-0.1, -0.05) is 30.7 Å². The molecule has 236 valence electrons. The van der Waals surface area contributed by atoms with Crippen LogP contribution in [-0.2, 0) is 4.74 Å². The Morgan fingerprint density at radius 2 is 2.16 bits per heavy atom. The van der Waals surface area contributed by atoms with Crippen molar-refractivity contribution in [3.63, 3.8) is 0 Å². The lowest BCUT2D eigenvalue weighted by Crippen LogP contribution is -2.44. The van der Waals surface area contributed by atoms with Gasteiger partial charge < -0.3 is 30.1 Å². The average Bonchev–Trinajstić information content (AvgIpc) is 3.24. The first-order valence-corrected chi connectivity index (χ1v) is 15.5. The number of aromatic nitrogens is 2. The third-order valence-electron chi connectivity index (χ3n) is 8.33. The summed E-state index contributed by atoms with van der Waals surface area (Å²) in [6, 6.07) is 8.57. The van der Waals surface area contributed by atoms with Gasteiger partial charge in [-0.2, -0.15) is 15.2 Å². The number of ether oxygens (including phenoxy) is 2. The lowest BCUT2D eigenvalue weighted by molar-refractivity contribution is -0.0123. The number of nitrogen functional groups attached to an aromatic ring is 1. The van der Waals surface area contributed by atoms with Gasteiger partial charge in [0.05, 0.1) is 36.7 Å². The van der Waals surface area contributed by atoms with Crippen LogP contribution >= 0.6 is 22.9 Å². The number of thiophene rings is 1. The van der Waals surface area contributed by atoms with E-state index in [0.29, 0.717) is 39.1 Å². The SMILES string of the molecule is [2H]C([2H])([2H])N1CC/C(=C\F)[C@](C)(COc2nc(N3CCOC[C@@](C)(O)C3)c3cc(Cl)c(-c4cccc5sc(N)c(C#N)c45)c(F)c3n2)C1. The lowest BCUT2D eigenvalue weighted by atomic mass is 9.78. The molecule has 3 N–H and O–H groups in total. The molecule has 0 aliphatic carbocycles. The Bertz CT molecular complexity index is 1980. The molecule has 6 rings (SSSR count). The lowest BCUT2D eigenvalue weighted by Gasteiger charge is -2.40. The topological polar surface area (TPSA) is 121 Å². The summed E-state index contributed by atoms with van der Waals surface area (Å²) >= 11 is 8.03. The summed E-state index contributed by atoms with van der Waals surface area (Å²) in [6.45, 7) is 1.54. The van der Waals surface area contributed by atoms with Crippen LogP contribution < -0.4 is 15.4 Å². The fourth-order valence-corrected chi connectivity index (χ4v) is 7.33. The summed E-state index contributed by atoms with van der Waals surface area (Å²) in [4.78, 5) is 12.1. The highest BCUT2D eigenvalue weighted by Gasteiger charge is 2.36. The third kappa shape index (κ3) is 5.79. The average molecular weight is 658 g/mol. The monoisotopic (exact) mass is 657 g/mol. The molecule has 2 fully saturated rings. The van der Waals surface area contributed by atoms with Crippen LogP contribution in [0.3, 0.4) is 0 Å². The molecule has 2 atom stereocenters. The van der Waals surface area contributed by atoms with Crippen LogP contribution in [-0.4, -0.2) is 78.6 Å². The Kier molecular flexibility index (Phi) is 7.36. The number of rotatable bonds is 5. The van der Waals surface area contributed by atoms with Crippen molar-refractivity contribution >= 4 is 54.7 Å². The van der Waals surface area contributed by atoms with Gasteiger partial charge in [0.25, 0.3) is 0 Å². The molecule has 2 aliphatic heterocycles. The first-order valence-electron chi connectivity index (χ1n) is 15.8. The maximum Gasteiger partial charge on any atom is 0.319 e. The Morgan fingerprint density at radius 3 is 2.91 bits per heavy atom. The number of hydrogen-bond acceptors (Lipinski definition) is 10. The smallest absolute Gasteiger partial charge is 0.319 e. The van der Waals surface area contributed by atoms with Crippen molar-refractivity contribution < 1.29 is 27.5 Å². The Hall–Kier alpha value is -3.60. The number of fused-ring (bicyclic) bond motifs is 2. The minimum Gasteiger partial charge on any atom is -0.462 e. The van der Waals surface area contributed by atoms with Crippen LogP contribution in [0.15, 0.2) is 36.2 Å². The number of anilines is 2. The Labute approximate surface area is 272 Å². The second-order valence-electron chi connectivity index (χ2n) is 12.0. The minimum absolute atomic E-state index is 0.000994. The highest BCUT2D eigenvalue weighted by Crippen LogP contribution is 2.45. The summed E-state index contributed by atoms with van der Waals surface area (Å²) in [5.74, 6) is -0.574. The van der Waals surface area contributed by atoms with Gasteiger partial charge >= 0.3 is 6.01 Å². The molecule has 0 radical (unpaired) electrons. The summed E-state index contributed by atoms with van der Waals surface area (Å²) in [7, 11) is 0. The maximum absolute atomic E-state index is 17.0. The summed E-state index contributed by atoms with van der Waals surface area (Å²) in [6.07, 6.45) is 0.661. The second kappa shape index (κ2) is 12.0. The van der Waals surface area contributed by atoms with Crippen molar-refractivity contribution in [2.75, 3.05) is 63.6 Å². The fraction of sp³-hybridized carbons (Fsp3) is 0.406. The van der Waals surface area contributed by atoms with Crippen LogP contribution in [0.1, 0.15) is 29.9 Å². The van der Waals surface area contributed by atoms with Crippen molar-refractivity contribution in [3.8, 4) is 23.2 Å². The maximum atomic E-state index is 17.0. The molecule has 9 nitrogen and oxygen atoms in total. The van der Waals surface area contributed by atoms with Crippen molar-refractivity contribution in [1.29, 1.82) is 5.26 Å². The fourth-order valence-electron chi connectivity index (χ4n) is 6.09. The molecular formula is C32H33ClF2N6O3S. The zero-order valence-electron chi connectivity index (χ0n) is 27.7. The third-order valence-corrected chi connectivity index (χ3v) is 9.62. The van der Waals surface area contributed by atoms with Gasteiger partial charge in [-0.05, 0) is 43.6 Å². The number of likely N-dealkylation sites (tertiary alicyclic amines) is 1. The van der Waals surface area contributed by atoms with E-state index in [1.807, 2.05) is 0 Å².